The van der Waals surface area contributed by atoms with E-state index in [1.807, 2.05) is 12.1 Å². The lowest BCUT2D eigenvalue weighted by molar-refractivity contribution is -0.121. The van der Waals surface area contributed by atoms with Crippen LogP contribution in [0.5, 0.6) is 0 Å². The maximum absolute atomic E-state index is 12.1. The molecule has 7 heteroatoms. The van der Waals surface area contributed by atoms with Gasteiger partial charge in [0.1, 0.15) is 11.6 Å². The Labute approximate surface area is 138 Å². The van der Waals surface area contributed by atoms with E-state index in [4.69, 9.17) is 11.6 Å². The summed E-state index contributed by atoms with van der Waals surface area (Å²) < 4.78 is 2.92. The molecule has 0 aliphatic carbocycles. The first-order valence-electron chi connectivity index (χ1n) is 7.60. The van der Waals surface area contributed by atoms with Crippen LogP contribution in [0.25, 0.3) is 0 Å². The molecule has 5 nitrogen and oxygen atoms in total. The lowest BCUT2D eigenvalue weighted by atomic mass is 10.1. The van der Waals surface area contributed by atoms with Gasteiger partial charge in [0.05, 0.1) is 4.34 Å². The number of nitrogens with zero attached hydrogens (tertiary/aromatic N) is 3. The number of carbonyl (C=O) groups is 1. The van der Waals surface area contributed by atoms with Crippen molar-refractivity contribution in [1.29, 1.82) is 0 Å². The topological polar surface area (TPSA) is 59.8 Å². The van der Waals surface area contributed by atoms with E-state index < -0.39 is 0 Å². The standard InChI is InChI=1S/C15H19ClN4OS/c1-2-13-18-19-14-7-3-10(9-20(13)14)17-15(21)8-5-11-4-6-12(16)22-11/h4,6,10H,2-3,5,7-9H2,1H3,(H,17,21)/t10-/m1/s1. The highest BCUT2D eigenvalue weighted by Gasteiger charge is 2.23. The van der Waals surface area contributed by atoms with E-state index in [1.165, 1.54) is 11.3 Å². The number of hydrogen-bond acceptors (Lipinski definition) is 4. The highest BCUT2D eigenvalue weighted by molar-refractivity contribution is 7.16. The third-order valence-electron chi connectivity index (χ3n) is 3.93. The van der Waals surface area contributed by atoms with Gasteiger partial charge < -0.3 is 9.88 Å². The van der Waals surface area contributed by atoms with E-state index in [2.05, 4.69) is 27.0 Å². The molecular weight excluding hydrogens is 320 g/mol. The quantitative estimate of drug-likeness (QED) is 0.911. The summed E-state index contributed by atoms with van der Waals surface area (Å²) in [4.78, 5) is 13.3. The summed E-state index contributed by atoms with van der Waals surface area (Å²) in [6.45, 7) is 2.85. The minimum absolute atomic E-state index is 0.101. The lowest BCUT2D eigenvalue weighted by Gasteiger charge is -2.25. The average molecular weight is 339 g/mol. The first-order valence-corrected chi connectivity index (χ1v) is 8.79. The molecule has 0 unspecified atom stereocenters. The number of fused-ring (bicyclic) bond motifs is 1. The summed E-state index contributed by atoms with van der Waals surface area (Å²) in [5.41, 5.74) is 0. The van der Waals surface area contributed by atoms with Crippen molar-refractivity contribution < 1.29 is 4.79 Å². The van der Waals surface area contributed by atoms with Gasteiger partial charge in [-0.2, -0.15) is 0 Å². The summed E-state index contributed by atoms with van der Waals surface area (Å²) in [5.74, 6) is 2.14. The molecule has 1 aliphatic rings. The zero-order valence-electron chi connectivity index (χ0n) is 12.5. The van der Waals surface area contributed by atoms with E-state index in [-0.39, 0.29) is 11.9 Å². The highest BCUT2D eigenvalue weighted by Crippen LogP contribution is 2.22. The van der Waals surface area contributed by atoms with Crippen LogP contribution >= 0.6 is 22.9 Å². The van der Waals surface area contributed by atoms with Crippen molar-refractivity contribution in [3.63, 3.8) is 0 Å². The summed E-state index contributed by atoms with van der Waals surface area (Å²) in [6, 6.07) is 4.03. The van der Waals surface area contributed by atoms with Gasteiger partial charge in [-0.1, -0.05) is 18.5 Å². The van der Waals surface area contributed by atoms with Crippen LogP contribution in [0.2, 0.25) is 4.34 Å². The van der Waals surface area contributed by atoms with Crippen LogP contribution < -0.4 is 5.32 Å². The number of thiophene rings is 1. The Hall–Kier alpha value is -1.40. The fourth-order valence-corrected chi connectivity index (χ4v) is 3.87. The predicted molar refractivity (Wildman–Crippen MR) is 87.3 cm³/mol. The van der Waals surface area contributed by atoms with E-state index in [0.29, 0.717) is 6.42 Å². The summed E-state index contributed by atoms with van der Waals surface area (Å²) >= 11 is 7.44. The van der Waals surface area contributed by atoms with Crippen LogP contribution in [0.15, 0.2) is 12.1 Å². The normalized spacial score (nSPS) is 17.3. The molecule has 0 bridgehead atoms. The van der Waals surface area contributed by atoms with E-state index >= 15 is 0 Å². The van der Waals surface area contributed by atoms with Gasteiger partial charge in [-0.25, -0.2) is 0 Å². The number of aromatic nitrogens is 3. The Balaban J connectivity index is 1.52. The molecule has 3 heterocycles. The Morgan fingerprint density at radius 3 is 3.09 bits per heavy atom. The minimum atomic E-state index is 0.101. The van der Waals surface area contributed by atoms with Gasteiger partial charge in [0.15, 0.2) is 0 Å². The summed E-state index contributed by atoms with van der Waals surface area (Å²) in [7, 11) is 0. The summed E-state index contributed by atoms with van der Waals surface area (Å²) in [5, 5.41) is 11.5. The average Bonchev–Trinajstić information content (AvgIpc) is 3.10. The smallest absolute Gasteiger partial charge is 0.220 e. The number of carbonyl (C=O) groups excluding carboxylic acids is 1. The zero-order chi connectivity index (χ0) is 15.5. The van der Waals surface area contributed by atoms with Crippen molar-refractivity contribution in [3.8, 4) is 0 Å². The first-order chi connectivity index (χ1) is 10.7. The van der Waals surface area contributed by atoms with Crippen LogP contribution in [-0.2, 0) is 30.6 Å². The number of amides is 1. The first kappa shape index (κ1) is 15.5. The second kappa shape index (κ2) is 6.79. The van der Waals surface area contributed by atoms with Crippen molar-refractivity contribution in [1.82, 2.24) is 20.1 Å². The van der Waals surface area contributed by atoms with Gasteiger partial charge in [-0.3, -0.25) is 4.79 Å². The largest absolute Gasteiger partial charge is 0.352 e. The van der Waals surface area contributed by atoms with E-state index in [1.54, 1.807) is 0 Å². The van der Waals surface area contributed by atoms with Crippen LogP contribution in [0, 0.1) is 0 Å². The van der Waals surface area contributed by atoms with Crippen molar-refractivity contribution >= 4 is 28.8 Å². The molecule has 1 atom stereocenters. The van der Waals surface area contributed by atoms with Gasteiger partial charge in [-0.15, -0.1) is 21.5 Å². The number of hydrogen-bond donors (Lipinski definition) is 1. The minimum Gasteiger partial charge on any atom is -0.352 e. The van der Waals surface area contributed by atoms with E-state index in [9.17, 15) is 4.79 Å². The van der Waals surface area contributed by atoms with Crippen molar-refractivity contribution in [3.05, 3.63) is 33.0 Å². The third-order valence-corrected chi connectivity index (χ3v) is 5.22. The van der Waals surface area contributed by atoms with Gasteiger partial charge in [0, 0.05) is 36.7 Å². The highest BCUT2D eigenvalue weighted by atomic mass is 35.5. The second-order valence-corrected chi connectivity index (χ2v) is 7.31. The molecule has 2 aromatic heterocycles. The fraction of sp³-hybridized carbons (Fsp3) is 0.533. The molecule has 0 spiro atoms. The maximum Gasteiger partial charge on any atom is 0.220 e. The number of rotatable bonds is 5. The molecule has 2 aromatic rings. The second-order valence-electron chi connectivity index (χ2n) is 5.51. The van der Waals surface area contributed by atoms with Gasteiger partial charge in [0.25, 0.3) is 0 Å². The molecule has 118 valence electrons. The molecule has 0 radical (unpaired) electrons. The fourth-order valence-electron chi connectivity index (χ4n) is 2.79. The molecule has 3 rings (SSSR count). The Morgan fingerprint density at radius 2 is 2.36 bits per heavy atom. The number of aryl methyl sites for hydroxylation is 3. The van der Waals surface area contributed by atoms with E-state index in [0.717, 1.165) is 53.1 Å². The summed E-state index contributed by atoms with van der Waals surface area (Å²) in [6.07, 6.45) is 3.92. The molecule has 1 aliphatic heterocycles. The Bertz CT molecular complexity index is 653. The molecular formula is C15H19ClN4OS. The molecule has 0 saturated heterocycles. The predicted octanol–water partition coefficient (Wildman–Crippen LogP) is 2.62. The molecule has 22 heavy (non-hydrogen) atoms. The van der Waals surface area contributed by atoms with Crippen molar-refractivity contribution in [2.24, 2.45) is 0 Å². The number of halogens is 1. The third kappa shape index (κ3) is 3.50. The lowest BCUT2D eigenvalue weighted by Crippen LogP contribution is -2.41. The monoisotopic (exact) mass is 338 g/mol. The van der Waals surface area contributed by atoms with Crippen molar-refractivity contribution in [2.75, 3.05) is 0 Å². The number of nitrogens with one attached hydrogen (secondary N) is 1. The molecule has 0 aromatic carbocycles. The van der Waals surface area contributed by atoms with Crippen LogP contribution in [0.1, 0.15) is 36.3 Å². The SMILES string of the molecule is CCc1nnc2n1C[C@H](NC(=O)CCc1ccc(Cl)s1)CC2. The molecule has 1 amide bonds. The van der Waals surface area contributed by atoms with Gasteiger partial charge >= 0.3 is 0 Å². The van der Waals surface area contributed by atoms with Crippen LogP contribution in [-0.4, -0.2) is 26.7 Å². The van der Waals surface area contributed by atoms with Crippen LogP contribution in [0.3, 0.4) is 0 Å². The van der Waals surface area contributed by atoms with Gasteiger partial charge in [-0.05, 0) is 25.0 Å². The zero-order valence-corrected chi connectivity index (χ0v) is 14.1. The molecule has 1 N–H and O–H groups in total. The molecule has 0 fully saturated rings. The molecule has 0 saturated carbocycles. The van der Waals surface area contributed by atoms with Crippen molar-refractivity contribution in [2.45, 2.75) is 51.6 Å². The Kier molecular flexibility index (Phi) is 4.78. The maximum atomic E-state index is 12.1. The van der Waals surface area contributed by atoms with Crippen LogP contribution in [0.4, 0.5) is 0 Å². The Morgan fingerprint density at radius 1 is 1.50 bits per heavy atom. The van der Waals surface area contributed by atoms with Gasteiger partial charge in [0.2, 0.25) is 5.91 Å².